The fourth-order valence-electron chi connectivity index (χ4n) is 4.35. The van der Waals surface area contributed by atoms with Gasteiger partial charge in [-0.1, -0.05) is 83.9 Å². The third-order valence-electron chi connectivity index (χ3n) is 6.09. The second-order valence-corrected chi connectivity index (χ2v) is 8.91. The standard InChI is InChI=1S/C29H20Cl2N2/c1-19-27(15-24(17-32)22-11-10-20-6-2-3-7-21(20)14-22)26-8-4-5-9-29(26)33(19)18-23-12-13-25(30)16-28(23)31/h2-16H,18H2,1H3/b24-15-. The van der Waals surface area contributed by atoms with Crippen LogP contribution in [0.25, 0.3) is 33.3 Å². The van der Waals surface area contributed by atoms with Gasteiger partial charge in [-0.05, 0) is 59.2 Å². The van der Waals surface area contributed by atoms with Gasteiger partial charge in [-0.15, -0.1) is 0 Å². The molecule has 5 aromatic rings. The van der Waals surface area contributed by atoms with Crippen LogP contribution < -0.4 is 0 Å². The Kier molecular flexibility index (Phi) is 5.68. The molecule has 0 spiro atoms. The predicted octanol–water partition coefficient (Wildman–Crippen LogP) is 8.52. The molecule has 0 saturated carbocycles. The van der Waals surface area contributed by atoms with Crippen molar-refractivity contribution in [2.24, 2.45) is 0 Å². The minimum absolute atomic E-state index is 0.619. The number of aromatic nitrogens is 1. The van der Waals surface area contributed by atoms with Gasteiger partial charge in [0.2, 0.25) is 0 Å². The van der Waals surface area contributed by atoms with E-state index >= 15 is 0 Å². The van der Waals surface area contributed by atoms with Crippen molar-refractivity contribution in [2.75, 3.05) is 0 Å². The molecule has 0 fully saturated rings. The van der Waals surface area contributed by atoms with Crippen LogP contribution in [0.3, 0.4) is 0 Å². The lowest BCUT2D eigenvalue weighted by Crippen LogP contribution is -2.02. The summed E-state index contributed by atoms with van der Waals surface area (Å²) in [7, 11) is 0. The molecule has 4 heteroatoms. The van der Waals surface area contributed by atoms with Gasteiger partial charge in [0, 0.05) is 38.8 Å². The highest BCUT2D eigenvalue weighted by Gasteiger charge is 2.15. The van der Waals surface area contributed by atoms with Crippen molar-refractivity contribution < 1.29 is 0 Å². The summed E-state index contributed by atoms with van der Waals surface area (Å²) in [6.45, 7) is 2.71. The van der Waals surface area contributed by atoms with Gasteiger partial charge in [-0.25, -0.2) is 0 Å². The average Bonchev–Trinajstić information content (AvgIpc) is 3.09. The summed E-state index contributed by atoms with van der Waals surface area (Å²) in [6, 6.07) is 30.6. The first kappa shape index (κ1) is 21.3. The quantitative estimate of drug-likeness (QED) is 0.244. The second-order valence-electron chi connectivity index (χ2n) is 8.07. The SMILES string of the molecule is Cc1c(/C=C(/C#N)c2ccc3ccccc3c2)c2ccccc2n1Cc1ccc(Cl)cc1Cl. The van der Waals surface area contributed by atoms with E-state index in [1.165, 1.54) is 0 Å². The fourth-order valence-corrected chi connectivity index (χ4v) is 4.81. The van der Waals surface area contributed by atoms with Crippen LogP contribution in [0.2, 0.25) is 10.0 Å². The number of hydrogen-bond donors (Lipinski definition) is 0. The smallest absolute Gasteiger partial charge is 0.0998 e. The number of rotatable bonds is 4. The molecule has 33 heavy (non-hydrogen) atoms. The molecule has 1 aromatic heterocycles. The molecule has 0 amide bonds. The molecule has 0 saturated heterocycles. The number of fused-ring (bicyclic) bond motifs is 2. The Labute approximate surface area is 202 Å². The maximum Gasteiger partial charge on any atom is 0.0998 e. The zero-order chi connectivity index (χ0) is 22.9. The Morgan fingerprint density at radius 3 is 2.45 bits per heavy atom. The minimum Gasteiger partial charge on any atom is -0.340 e. The van der Waals surface area contributed by atoms with Gasteiger partial charge >= 0.3 is 0 Å². The van der Waals surface area contributed by atoms with Gasteiger partial charge in [0.25, 0.3) is 0 Å². The van der Waals surface area contributed by atoms with Gasteiger partial charge in [-0.2, -0.15) is 5.26 Å². The van der Waals surface area contributed by atoms with E-state index in [1.807, 2.05) is 48.5 Å². The molecule has 2 nitrogen and oxygen atoms in total. The van der Waals surface area contributed by atoms with Gasteiger partial charge in [0.1, 0.15) is 0 Å². The Morgan fingerprint density at radius 1 is 0.909 bits per heavy atom. The number of para-hydroxylation sites is 1. The lowest BCUT2D eigenvalue weighted by atomic mass is 9.99. The number of benzene rings is 4. The zero-order valence-corrected chi connectivity index (χ0v) is 19.5. The van der Waals surface area contributed by atoms with Crippen LogP contribution in [-0.4, -0.2) is 4.57 Å². The summed E-state index contributed by atoms with van der Waals surface area (Å²) in [5.41, 5.74) is 5.76. The lowest BCUT2D eigenvalue weighted by molar-refractivity contribution is 0.804. The van der Waals surface area contributed by atoms with E-state index < -0.39 is 0 Å². The molecular weight excluding hydrogens is 447 g/mol. The molecule has 0 radical (unpaired) electrons. The summed E-state index contributed by atoms with van der Waals surface area (Å²) in [4.78, 5) is 0. The Morgan fingerprint density at radius 2 is 1.67 bits per heavy atom. The molecule has 1 heterocycles. The maximum absolute atomic E-state index is 10.0. The van der Waals surface area contributed by atoms with E-state index in [2.05, 4.69) is 54.0 Å². The molecule has 160 valence electrons. The van der Waals surface area contributed by atoms with Crippen molar-refractivity contribution in [2.45, 2.75) is 13.5 Å². The first-order valence-corrected chi connectivity index (χ1v) is 11.4. The monoisotopic (exact) mass is 466 g/mol. The first-order chi connectivity index (χ1) is 16.0. The van der Waals surface area contributed by atoms with Gasteiger partial charge in [-0.3, -0.25) is 0 Å². The van der Waals surface area contributed by atoms with Gasteiger partial charge < -0.3 is 4.57 Å². The highest BCUT2D eigenvalue weighted by Crippen LogP contribution is 2.32. The number of hydrogen-bond acceptors (Lipinski definition) is 1. The average molecular weight is 467 g/mol. The van der Waals surface area contributed by atoms with E-state index in [-0.39, 0.29) is 0 Å². The molecule has 0 aliphatic rings. The highest BCUT2D eigenvalue weighted by atomic mass is 35.5. The molecule has 5 rings (SSSR count). The molecule has 0 N–H and O–H groups in total. The third-order valence-corrected chi connectivity index (χ3v) is 6.68. The topological polar surface area (TPSA) is 28.7 Å². The van der Waals surface area contributed by atoms with Crippen LogP contribution in [0, 0.1) is 18.3 Å². The fraction of sp³-hybridized carbons (Fsp3) is 0.0690. The van der Waals surface area contributed by atoms with E-state index in [9.17, 15) is 5.26 Å². The Bertz CT molecular complexity index is 1590. The van der Waals surface area contributed by atoms with Crippen LogP contribution in [0.1, 0.15) is 22.4 Å². The van der Waals surface area contributed by atoms with Gasteiger partial charge in [0.15, 0.2) is 0 Å². The predicted molar refractivity (Wildman–Crippen MR) is 140 cm³/mol. The highest BCUT2D eigenvalue weighted by molar-refractivity contribution is 6.35. The minimum atomic E-state index is 0.619. The third kappa shape index (κ3) is 4.02. The number of nitrogens with zero attached hydrogens (tertiary/aromatic N) is 2. The summed E-state index contributed by atoms with van der Waals surface area (Å²) in [5.74, 6) is 0. The summed E-state index contributed by atoms with van der Waals surface area (Å²) < 4.78 is 2.24. The lowest BCUT2D eigenvalue weighted by Gasteiger charge is -2.11. The molecule has 0 aliphatic carbocycles. The van der Waals surface area contributed by atoms with Crippen molar-refractivity contribution in [1.29, 1.82) is 5.26 Å². The molecule has 0 aliphatic heterocycles. The van der Waals surface area contributed by atoms with Gasteiger partial charge in [0.05, 0.1) is 11.6 Å². The summed E-state index contributed by atoms with van der Waals surface area (Å²) >= 11 is 12.6. The van der Waals surface area contributed by atoms with Crippen molar-refractivity contribution in [3.8, 4) is 6.07 Å². The maximum atomic E-state index is 10.0. The number of nitriles is 1. The molecule has 0 bridgehead atoms. The van der Waals surface area contributed by atoms with Crippen LogP contribution >= 0.6 is 23.2 Å². The first-order valence-electron chi connectivity index (χ1n) is 10.7. The van der Waals surface area contributed by atoms with Crippen molar-refractivity contribution in [1.82, 2.24) is 4.57 Å². The molecule has 0 unspecified atom stereocenters. The van der Waals surface area contributed by atoms with Crippen LogP contribution in [0.4, 0.5) is 0 Å². The number of halogens is 2. The van der Waals surface area contributed by atoms with E-state index in [0.717, 1.165) is 44.1 Å². The summed E-state index contributed by atoms with van der Waals surface area (Å²) in [6.07, 6.45) is 2.00. The normalized spacial score (nSPS) is 11.8. The summed E-state index contributed by atoms with van der Waals surface area (Å²) in [5, 5.41) is 14.7. The molecular formula is C29H20Cl2N2. The van der Waals surface area contributed by atoms with E-state index in [1.54, 1.807) is 6.07 Å². The van der Waals surface area contributed by atoms with E-state index in [0.29, 0.717) is 22.2 Å². The Hall–Kier alpha value is -3.51. The number of allylic oxidation sites excluding steroid dienone is 1. The van der Waals surface area contributed by atoms with Crippen molar-refractivity contribution in [3.05, 3.63) is 117 Å². The van der Waals surface area contributed by atoms with Crippen LogP contribution in [0.15, 0.2) is 84.9 Å². The van der Waals surface area contributed by atoms with Crippen molar-refractivity contribution >= 4 is 56.5 Å². The van der Waals surface area contributed by atoms with Crippen LogP contribution in [-0.2, 0) is 6.54 Å². The second kappa shape index (κ2) is 8.79. The molecule has 4 aromatic carbocycles. The largest absolute Gasteiger partial charge is 0.340 e. The molecule has 0 atom stereocenters. The Balaban J connectivity index is 1.65. The van der Waals surface area contributed by atoms with Crippen LogP contribution in [0.5, 0.6) is 0 Å². The zero-order valence-electron chi connectivity index (χ0n) is 18.0. The van der Waals surface area contributed by atoms with Crippen molar-refractivity contribution in [3.63, 3.8) is 0 Å². The van der Waals surface area contributed by atoms with E-state index in [4.69, 9.17) is 23.2 Å².